The van der Waals surface area contributed by atoms with Crippen molar-refractivity contribution in [2.45, 2.75) is 25.7 Å². The Morgan fingerprint density at radius 1 is 1.35 bits per heavy atom. The quantitative estimate of drug-likeness (QED) is 0.662. The van der Waals surface area contributed by atoms with Crippen molar-refractivity contribution < 1.29 is 9.13 Å². The van der Waals surface area contributed by atoms with E-state index in [-0.39, 0.29) is 5.82 Å². The molecule has 3 rings (SSSR count). The van der Waals surface area contributed by atoms with Gasteiger partial charge in [0.2, 0.25) is 5.88 Å². The van der Waals surface area contributed by atoms with E-state index in [0.717, 1.165) is 18.7 Å². The van der Waals surface area contributed by atoms with Crippen LogP contribution in [0.4, 0.5) is 10.2 Å². The topological polar surface area (TPSA) is 73.1 Å². The number of halogens is 1. The molecule has 0 unspecified atom stereocenters. The minimum atomic E-state index is -0.353. The second kappa shape index (κ2) is 5.05. The van der Waals surface area contributed by atoms with Gasteiger partial charge in [0.05, 0.1) is 5.56 Å². The van der Waals surface area contributed by atoms with Gasteiger partial charge in [-0.3, -0.25) is 0 Å². The van der Waals surface area contributed by atoms with Crippen LogP contribution in [0.25, 0.3) is 0 Å². The lowest BCUT2D eigenvalue weighted by Crippen LogP contribution is -2.13. The first-order valence-electron chi connectivity index (χ1n) is 6.46. The Hall–Kier alpha value is -2.21. The molecule has 6 heteroatoms. The molecule has 1 aromatic heterocycles. The number of anilines is 1. The van der Waals surface area contributed by atoms with Crippen LogP contribution >= 0.6 is 0 Å². The summed E-state index contributed by atoms with van der Waals surface area (Å²) >= 11 is 0. The number of rotatable bonds is 4. The zero-order valence-corrected chi connectivity index (χ0v) is 11.1. The van der Waals surface area contributed by atoms with Crippen LogP contribution in [0.5, 0.6) is 11.6 Å². The standard InChI is InChI=1S/C14H15FN4O/c1-8-12(19-16)17-13(9-5-6-9)18-14(8)20-11-4-2-3-10(15)7-11/h2-4,7,9H,5-6,16H2,1H3,(H,17,18,19). The van der Waals surface area contributed by atoms with E-state index in [4.69, 9.17) is 10.6 Å². The van der Waals surface area contributed by atoms with Crippen molar-refractivity contribution in [2.75, 3.05) is 5.43 Å². The first kappa shape index (κ1) is 12.8. The molecule has 3 N–H and O–H groups in total. The average Bonchev–Trinajstić information content (AvgIpc) is 3.25. The van der Waals surface area contributed by atoms with Gasteiger partial charge in [-0.1, -0.05) is 6.07 Å². The van der Waals surface area contributed by atoms with Gasteiger partial charge in [-0.05, 0) is 31.9 Å². The van der Waals surface area contributed by atoms with Crippen molar-refractivity contribution in [3.63, 3.8) is 0 Å². The van der Waals surface area contributed by atoms with Gasteiger partial charge in [-0.2, -0.15) is 4.98 Å². The second-order valence-electron chi connectivity index (χ2n) is 4.84. The zero-order valence-electron chi connectivity index (χ0n) is 11.1. The molecule has 0 saturated heterocycles. The average molecular weight is 274 g/mol. The molecule has 2 aromatic rings. The number of nitrogens with zero attached hydrogens (tertiary/aromatic N) is 2. The Kier molecular flexibility index (Phi) is 3.23. The fourth-order valence-corrected chi connectivity index (χ4v) is 1.92. The third kappa shape index (κ3) is 2.55. The number of hydrazine groups is 1. The van der Waals surface area contributed by atoms with Gasteiger partial charge >= 0.3 is 0 Å². The summed E-state index contributed by atoms with van der Waals surface area (Å²) in [5.41, 5.74) is 3.25. The van der Waals surface area contributed by atoms with E-state index < -0.39 is 0 Å². The van der Waals surface area contributed by atoms with Crippen molar-refractivity contribution in [3.05, 3.63) is 41.5 Å². The van der Waals surface area contributed by atoms with E-state index >= 15 is 0 Å². The maximum atomic E-state index is 13.2. The van der Waals surface area contributed by atoms with E-state index in [1.54, 1.807) is 19.1 Å². The van der Waals surface area contributed by atoms with Crippen LogP contribution in [0.2, 0.25) is 0 Å². The molecular formula is C14H15FN4O. The number of nitrogen functional groups attached to an aromatic ring is 1. The van der Waals surface area contributed by atoms with E-state index in [1.807, 2.05) is 0 Å². The molecule has 1 aliphatic carbocycles. The third-order valence-corrected chi connectivity index (χ3v) is 3.21. The van der Waals surface area contributed by atoms with Crippen LogP contribution in [0.1, 0.15) is 30.1 Å². The summed E-state index contributed by atoms with van der Waals surface area (Å²) in [7, 11) is 0. The summed E-state index contributed by atoms with van der Waals surface area (Å²) in [6.07, 6.45) is 2.15. The lowest BCUT2D eigenvalue weighted by atomic mass is 10.3. The highest BCUT2D eigenvalue weighted by Crippen LogP contribution is 2.40. The van der Waals surface area contributed by atoms with Crippen molar-refractivity contribution in [2.24, 2.45) is 5.84 Å². The number of nitrogens with one attached hydrogen (secondary N) is 1. The fourth-order valence-electron chi connectivity index (χ4n) is 1.92. The molecule has 0 radical (unpaired) electrons. The molecule has 0 amide bonds. The number of benzene rings is 1. The number of hydrogen-bond acceptors (Lipinski definition) is 5. The molecule has 5 nitrogen and oxygen atoms in total. The maximum Gasteiger partial charge on any atom is 0.227 e. The fraction of sp³-hybridized carbons (Fsp3) is 0.286. The summed E-state index contributed by atoms with van der Waals surface area (Å²) in [5.74, 6) is 7.55. The smallest absolute Gasteiger partial charge is 0.227 e. The van der Waals surface area contributed by atoms with E-state index in [0.29, 0.717) is 28.9 Å². The van der Waals surface area contributed by atoms with E-state index in [2.05, 4.69) is 15.4 Å². The Morgan fingerprint density at radius 2 is 2.15 bits per heavy atom. The van der Waals surface area contributed by atoms with Crippen LogP contribution in [-0.4, -0.2) is 9.97 Å². The molecule has 1 aromatic carbocycles. The largest absolute Gasteiger partial charge is 0.438 e. The highest BCUT2D eigenvalue weighted by atomic mass is 19.1. The SMILES string of the molecule is Cc1c(NN)nc(C2CC2)nc1Oc1cccc(F)c1. The van der Waals surface area contributed by atoms with Gasteiger partial charge in [-0.15, -0.1) is 0 Å². The minimum Gasteiger partial charge on any atom is -0.438 e. The normalized spacial score (nSPS) is 14.2. The summed E-state index contributed by atoms with van der Waals surface area (Å²) in [5, 5.41) is 0. The monoisotopic (exact) mass is 274 g/mol. The second-order valence-corrected chi connectivity index (χ2v) is 4.84. The number of aromatic nitrogens is 2. The number of ether oxygens (including phenoxy) is 1. The molecule has 104 valence electrons. The van der Waals surface area contributed by atoms with Crippen molar-refractivity contribution in [1.82, 2.24) is 9.97 Å². The van der Waals surface area contributed by atoms with Gasteiger partial charge in [0.15, 0.2) is 5.82 Å². The van der Waals surface area contributed by atoms with Gasteiger partial charge < -0.3 is 10.2 Å². The lowest BCUT2D eigenvalue weighted by Gasteiger charge is -2.12. The predicted octanol–water partition coefficient (Wildman–Crippen LogP) is 2.88. The molecular weight excluding hydrogens is 259 g/mol. The Morgan fingerprint density at radius 3 is 2.80 bits per heavy atom. The van der Waals surface area contributed by atoms with Crippen molar-refractivity contribution in [1.29, 1.82) is 0 Å². The molecule has 20 heavy (non-hydrogen) atoms. The Balaban J connectivity index is 1.97. The van der Waals surface area contributed by atoms with Gasteiger partial charge in [0.25, 0.3) is 0 Å². The highest BCUT2D eigenvalue weighted by molar-refractivity contribution is 5.49. The van der Waals surface area contributed by atoms with E-state index in [9.17, 15) is 4.39 Å². The van der Waals surface area contributed by atoms with Crippen LogP contribution in [-0.2, 0) is 0 Å². The molecule has 0 bridgehead atoms. The summed E-state index contributed by atoms with van der Waals surface area (Å²) < 4.78 is 18.9. The molecule has 0 atom stereocenters. The lowest BCUT2D eigenvalue weighted by molar-refractivity contribution is 0.450. The van der Waals surface area contributed by atoms with Gasteiger partial charge in [0.1, 0.15) is 17.4 Å². The number of nitrogens with two attached hydrogens (primary N) is 1. The van der Waals surface area contributed by atoms with Gasteiger partial charge in [0, 0.05) is 12.0 Å². The van der Waals surface area contributed by atoms with Crippen molar-refractivity contribution >= 4 is 5.82 Å². The molecule has 0 spiro atoms. The number of hydrogen-bond donors (Lipinski definition) is 2. The first-order chi connectivity index (χ1) is 9.67. The molecule has 1 saturated carbocycles. The zero-order chi connectivity index (χ0) is 14.1. The third-order valence-electron chi connectivity index (χ3n) is 3.21. The predicted molar refractivity (Wildman–Crippen MR) is 73.0 cm³/mol. The summed E-state index contributed by atoms with van der Waals surface area (Å²) in [6, 6.07) is 5.94. The Labute approximate surface area is 116 Å². The van der Waals surface area contributed by atoms with Gasteiger partial charge in [-0.25, -0.2) is 15.2 Å². The minimum absolute atomic E-state index is 0.353. The first-order valence-corrected chi connectivity index (χ1v) is 6.46. The van der Waals surface area contributed by atoms with Crippen molar-refractivity contribution in [3.8, 4) is 11.6 Å². The Bertz CT molecular complexity index is 643. The molecule has 0 aliphatic heterocycles. The molecule has 1 aliphatic rings. The van der Waals surface area contributed by atoms with Crippen LogP contribution in [0.3, 0.4) is 0 Å². The highest BCUT2D eigenvalue weighted by Gasteiger charge is 2.28. The van der Waals surface area contributed by atoms with Crippen LogP contribution in [0, 0.1) is 12.7 Å². The maximum absolute atomic E-state index is 13.2. The molecule has 1 fully saturated rings. The van der Waals surface area contributed by atoms with E-state index in [1.165, 1.54) is 12.1 Å². The molecule has 1 heterocycles. The summed E-state index contributed by atoms with van der Waals surface area (Å²) in [6.45, 7) is 1.81. The van der Waals surface area contributed by atoms with Crippen LogP contribution < -0.4 is 16.0 Å². The summed E-state index contributed by atoms with van der Waals surface area (Å²) in [4.78, 5) is 8.79. The van der Waals surface area contributed by atoms with Crippen LogP contribution in [0.15, 0.2) is 24.3 Å².